The maximum absolute atomic E-state index is 11.6. The van der Waals surface area contributed by atoms with Crippen LogP contribution in [0.4, 0.5) is 5.69 Å². The molecule has 1 amide bonds. The zero-order valence-corrected chi connectivity index (χ0v) is 12.1. The molecule has 0 radical (unpaired) electrons. The summed E-state index contributed by atoms with van der Waals surface area (Å²) in [4.78, 5) is 11.6. The van der Waals surface area contributed by atoms with Crippen molar-refractivity contribution in [2.24, 2.45) is 0 Å². The molecule has 7 heteroatoms. The molecular formula is C12H15ClN4OS. The SMILES string of the molecule is CCCCNC(=O)CNc1c(Cl)ccc2nsnc12. The van der Waals surface area contributed by atoms with Crippen LogP contribution in [0.1, 0.15) is 19.8 Å². The third-order valence-electron chi connectivity index (χ3n) is 2.66. The van der Waals surface area contributed by atoms with Crippen molar-refractivity contribution in [3.8, 4) is 0 Å². The maximum atomic E-state index is 11.6. The second-order valence-electron chi connectivity index (χ2n) is 4.11. The van der Waals surface area contributed by atoms with Crippen molar-refractivity contribution in [1.82, 2.24) is 14.1 Å². The Bertz CT molecular complexity index is 572. The van der Waals surface area contributed by atoms with Crippen molar-refractivity contribution < 1.29 is 4.79 Å². The molecule has 0 unspecified atom stereocenters. The number of carbonyl (C=O) groups is 1. The predicted octanol–water partition coefficient (Wildman–Crippen LogP) is 2.67. The van der Waals surface area contributed by atoms with Crippen molar-refractivity contribution in [2.45, 2.75) is 19.8 Å². The quantitative estimate of drug-likeness (QED) is 0.805. The van der Waals surface area contributed by atoms with E-state index in [-0.39, 0.29) is 12.5 Å². The van der Waals surface area contributed by atoms with E-state index in [1.807, 2.05) is 6.07 Å². The van der Waals surface area contributed by atoms with Crippen molar-refractivity contribution in [2.75, 3.05) is 18.4 Å². The molecule has 0 aliphatic carbocycles. The summed E-state index contributed by atoms with van der Waals surface area (Å²) in [5.74, 6) is -0.0512. The molecular weight excluding hydrogens is 284 g/mol. The summed E-state index contributed by atoms with van der Waals surface area (Å²) < 4.78 is 8.32. The molecule has 19 heavy (non-hydrogen) atoms. The number of fused-ring (bicyclic) bond motifs is 1. The number of nitrogens with one attached hydrogen (secondary N) is 2. The van der Waals surface area contributed by atoms with E-state index < -0.39 is 0 Å². The van der Waals surface area contributed by atoms with Gasteiger partial charge in [0, 0.05) is 6.54 Å². The van der Waals surface area contributed by atoms with Crippen LogP contribution in [0.3, 0.4) is 0 Å². The first kappa shape index (κ1) is 14.0. The molecule has 0 aliphatic rings. The van der Waals surface area contributed by atoms with Crippen LogP contribution in [0.25, 0.3) is 11.0 Å². The Balaban J connectivity index is 1.99. The van der Waals surface area contributed by atoms with Gasteiger partial charge in [0.2, 0.25) is 5.91 Å². The van der Waals surface area contributed by atoms with E-state index in [1.165, 1.54) is 0 Å². The predicted molar refractivity (Wildman–Crippen MR) is 78.8 cm³/mol. The Labute approximate surface area is 120 Å². The highest BCUT2D eigenvalue weighted by atomic mass is 35.5. The highest BCUT2D eigenvalue weighted by Gasteiger charge is 2.10. The minimum absolute atomic E-state index is 0.0512. The van der Waals surface area contributed by atoms with E-state index in [1.54, 1.807) is 6.07 Å². The molecule has 0 saturated heterocycles. The summed E-state index contributed by atoms with van der Waals surface area (Å²) in [6, 6.07) is 3.57. The van der Waals surface area contributed by atoms with E-state index in [0.717, 1.165) is 30.1 Å². The van der Waals surface area contributed by atoms with Crippen LogP contribution in [0.5, 0.6) is 0 Å². The lowest BCUT2D eigenvalue weighted by molar-refractivity contribution is -0.119. The molecule has 2 rings (SSSR count). The van der Waals surface area contributed by atoms with Gasteiger partial charge in [0.15, 0.2) is 0 Å². The minimum Gasteiger partial charge on any atom is -0.373 e. The maximum Gasteiger partial charge on any atom is 0.239 e. The largest absolute Gasteiger partial charge is 0.373 e. The number of benzene rings is 1. The Morgan fingerprint density at radius 2 is 2.26 bits per heavy atom. The summed E-state index contributed by atoms with van der Waals surface area (Å²) >= 11 is 7.24. The first-order chi connectivity index (χ1) is 9.22. The van der Waals surface area contributed by atoms with Gasteiger partial charge in [-0.3, -0.25) is 4.79 Å². The molecule has 5 nitrogen and oxygen atoms in total. The molecule has 1 aromatic heterocycles. The number of rotatable bonds is 6. The average Bonchev–Trinajstić information content (AvgIpc) is 2.86. The van der Waals surface area contributed by atoms with Gasteiger partial charge in [0.1, 0.15) is 11.0 Å². The lowest BCUT2D eigenvalue weighted by Gasteiger charge is -2.09. The normalized spacial score (nSPS) is 10.6. The minimum atomic E-state index is -0.0512. The van der Waals surface area contributed by atoms with Gasteiger partial charge in [0.05, 0.1) is 29.0 Å². The second-order valence-corrected chi connectivity index (χ2v) is 5.05. The van der Waals surface area contributed by atoms with E-state index in [0.29, 0.717) is 22.8 Å². The van der Waals surface area contributed by atoms with Crippen molar-refractivity contribution in [3.05, 3.63) is 17.2 Å². The van der Waals surface area contributed by atoms with E-state index in [9.17, 15) is 4.79 Å². The Kier molecular flexibility index (Phi) is 4.93. The van der Waals surface area contributed by atoms with Crippen LogP contribution in [0.15, 0.2) is 12.1 Å². The molecule has 102 valence electrons. The number of hydrogen-bond donors (Lipinski definition) is 2. The van der Waals surface area contributed by atoms with Crippen LogP contribution >= 0.6 is 23.3 Å². The van der Waals surface area contributed by atoms with E-state index in [4.69, 9.17) is 11.6 Å². The van der Waals surface area contributed by atoms with Crippen LogP contribution in [0, 0.1) is 0 Å². The fourth-order valence-corrected chi connectivity index (χ4v) is 2.39. The molecule has 1 heterocycles. The molecule has 0 atom stereocenters. The molecule has 2 N–H and O–H groups in total. The van der Waals surface area contributed by atoms with Crippen LogP contribution in [-0.4, -0.2) is 27.7 Å². The number of anilines is 1. The van der Waals surface area contributed by atoms with Crippen molar-refractivity contribution in [3.63, 3.8) is 0 Å². The van der Waals surface area contributed by atoms with Gasteiger partial charge in [-0.05, 0) is 18.6 Å². The molecule has 0 saturated carbocycles. The lowest BCUT2D eigenvalue weighted by atomic mass is 10.2. The van der Waals surface area contributed by atoms with Crippen molar-refractivity contribution in [1.29, 1.82) is 0 Å². The number of aromatic nitrogens is 2. The molecule has 1 aromatic carbocycles. The summed E-state index contributed by atoms with van der Waals surface area (Å²) in [5, 5.41) is 6.41. The fraction of sp³-hybridized carbons (Fsp3) is 0.417. The Hall–Kier alpha value is -1.40. The Morgan fingerprint density at radius 3 is 3.05 bits per heavy atom. The Morgan fingerprint density at radius 1 is 1.42 bits per heavy atom. The van der Waals surface area contributed by atoms with Gasteiger partial charge in [0.25, 0.3) is 0 Å². The standard InChI is InChI=1S/C12H15ClN4OS/c1-2-3-6-14-10(18)7-15-11-8(13)4-5-9-12(11)17-19-16-9/h4-5,15H,2-3,6-7H2,1H3,(H,14,18). The third kappa shape index (κ3) is 3.54. The fourth-order valence-electron chi connectivity index (χ4n) is 1.63. The number of amides is 1. The van der Waals surface area contributed by atoms with E-state index in [2.05, 4.69) is 26.3 Å². The van der Waals surface area contributed by atoms with Gasteiger partial charge >= 0.3 is 0 Å². The van der Waals surface area contributed by atoms with Crippen molar-refractivity contribution >= 4 is 46.0 Å². The first-order valence-corrected chi connectivity index (χ1v) is 7.24. The zero-order chi connectivity index (χ0) is 13.7. The number of unbranched alkanes of at least 4 members (excludes halogenated alkanes) is 1. The van der Waals surface area contributed by atoms with Crippen LogP contribution in [-0.2, 0) is 4.79 Å². The van der Waals surface area contributed by atoms with Gasteiger partial charge in [-0.15, -0.1) is 0 Å². The molecule has 0 aliphatic heterocycles. The smallest absolute Gasteiger partial charge is 0.239 e. The summed E-state index contributed by atoms with van der Waals surface area (Å²) in [6.45, 7) is 2.97. The van der Waals surface area contributed by atoms with Crippen LogP contribution < -0.4 is 10.6 Å². The summed E-state index contributed by atoms with van der Waals surface area (Å²) in [6.07, 6.45) is 2.04. The molecule has 0 fully saturated rings. The molecule has 2 aromatic rings. The number of halogens is 1. The van der Waals surface area contributed by atoms with Crippen LogP contribution in [0.2, 0.25) is 5.02 Å². The summed E-state index contributed by atoms with van der Waals surface area (Å²) in [7, 11) is 0. The second kappa shape index (κ2) is 6.68. The number of nitrogens with zero attached hydrogens (tertiary/aromatic N) is 2. The highest BCUT2D eigenvalue weighted by Crippen LogP contribution is 2.29. The monoisotopic (exact) mass is 298 g/mol. The first-order valence-electron chi connectivity index (χ1n) is 6.13. The van der Waals surface area contributed by atoms with Gasteiger partial charge in [-0.25, -0.2) is 0 Å². The zero-order valence-electron chi connectivity index (χ0n) is 10.6. The highest BCUT2D eigenvalue weighted by molar-refractivity contribution is 7.00. The van der Waals surface area contributed by atoms with E-state index >= 15 is 0 Å². The number of hydrogen-bond acceptors (Lipinski definition) is 5. The number of carbonyl (C=O) groups excluding carboxylic acids is 1. The molecule has 0 spiro atoms. The van der Waals surface area contributed by atoms with Gasteiger partial charge in [-0.2, -0.15) is 8.75 Å². The van der Waals surface area contributed by atoms with Gasteiger partial charge < -0.3 is 10.6 Å². The summed E-state index contributed by atoms with van der Waals surface area (Å²) in [5.41, 5.74) is 2.15. The topological polar surface area (TPSA) is 66.9 Å². The van der Waals surface area contributed by atoms with Gasteiger partial charge in [-0.1, -0.05) is 24.9 Å². The average molecular weight is 299 g/mol. The lowest BCUT2D eigenvalue weighted by Crippen LogP contribution is -2.30. The molecule has 0 bridgehead atoms. The third-order valence-corrected chi connectivity index (χ3v) is 3.51.